The van der Waals surface area contributed by atoms with Crippen molar-refractivity contribution in [3.63, 3.8) is 0 Å². The Kier molecular flexibility index (Phi) is 5.70. The van der Waals surface area contributed by atoms with Crippen molar-refractivity contribution < 1.29 is 4.79 Å². The van der Waals surface area contributed by atoms with E-state index in [1.165, 1.54) is 0 Å². The molecule has 0 aliphatic carbocycles. The topological polar surface area (TPSA) is 46.3 Å². The van der Waals surface area contributed by atoms with Gasteiger partial charge >= 0.3 is 0 Å². The normalized spacial score (nSPS) is 10.3. The molecule has 0 fully saturated rings. The molecule has 3 heteroatoms. The molecule has 0 radical (unpaired) electrons. The van der Waals surface area contributed by atoms with E-state index in [2.05, 4.69) is 13.0 Å². The number of carbonyl (C=O) groups excluding carboxylic acids is 1. The molecule has 0 aliphatic heterocycles. The first-order valence-corrected chi connectivity index (χ1v) is 6.19. The van der Waals surface area contributed by atoms with Crippen LogP contribution >= 0.6 is 0 Å². The van der Waals surface area contributed by atoms with Gasteiger partial charge in [0.15, 0.2) is 0 Å². The molecule has 0 heterocycles. The summed E-state index contributed by atoms with van der Waals surface area (Å²) >= 11 is 0. The lowest BCUT2D eigenvalue weighted by atomic mass is 10.1. The summed E-state index contributed by atoms with van der Waals surface area (Å²) in [6.07, 6.45) is 2.66. The van der Waals surface area contributed by atoms with Crippen LogP contribution < -0.4 is 5.73 Å². The number of rotatable bonds is 6. The number of unbranched alkanes of at least 4 members (excludes halogenated alkanes) is 1. The van der Waals surface area contributed by atoms with Crippen LogP contribution in [0.5, 0.6) is 0 Å². The van der Waals surface area contributed by atoms with Crippen LogP contribution in [0.25, 0.3) is 0 Å². The Balaban J connectivity index is 2.54. The minimum Gasteiger partial charge on any atom is -0.341 e. The first-order chi connectivity index (χ1) is 8.17. The zero-order valence-corrected chi connectivity index (χ0v) is 10.8. The highest BCUT2D eigenvalue weighted by atomic mass is 16.2. The Labute approximate surface area is 104 Å². The van der Waals surface area contributed by atoms with Crippen molar-refractivity contribution in [3.8, 4) is 0 Å². The van der Waals surface area contributed by atoms with Crippen LogP contribution in [-0.2, 0) is 17.9 Å². The zero-order chi connectivity index (χ0) is 12.7. The van der Waals surface area contributed by atoms with Crippen molar-refractivity contribution in [2.45, 2.75) is 39.3 Å². The van der Waals surface area contributed by atoms with E-state index in [1.807, 2.05) is 25.2 Å². The maximum atomic E-state index is 11.8. The van der Waals surface area contributed by atoms with Gasteiger partial charge in [0, 0.05) is 26.6 Å². The maximum Gasteiger partial charge on any atom is 0.222 e. The average molecular weight is 234 g/mol. The number of hydrogen-bond acceptors (Lipinski definition) is 2. The maximum absolute atomic E-state index is 11.8. The number of hydrogen-bond donors (Lipinski definition) is 1. The summed E-state index contributed by atoms with van der Waals surface area (Å²) in [6, 6.07) is 8.08. The Morgan fingerprint density at radius 2 is 2.06 bits per heavy atom. The Hall–Kier alpha value is -1.35. The lowest BCUT2D eigenvalue weighted by Crippen LogP contribution is -2.25. The molecular formula is C14H22N2O. The highest BCUT2D eigenvalue weighted by molar-refractivity contribution is 5.75. The molecule has 0 saturated heterocycles. The third-order valence-electron chi connectivity index (χ3n) is 2.82. The van der Waals surface area contributed by atoms with Gasteiger partial charge in [0.05, 0.1) is 0 Å². The van der Waals surface area contributed by atoms with Crippen LogP contribution in [0.15, 0.2) is 24.3 Å². The van der Waals surface area contributed by atoms with Gasteiger partial charge < -0.3 is 10.6 Å². The van der Waals surface area contributed by atoms with E-state index in [-0.39, 0.29) is 5.91 Å². The molecule has 0 spiro atoms. The summed E-state index contributed by atoms with van der Waals surface area (Å²) < 4.78 is 0. The molecule has 0 atom stereocenters. The molecule has 1 rings (SSSR count). The molecular weight excluding hydrogens is 212 g/mol. The molecule has 0 saturated carbocycles. The zero-order valence-electron chi connectivity index (χ0n) is 10.8. The van der Waals surface area contributed by atoms with Gasteiger partial charge in [0.2, 0.25) is 5.91 Å². The number of nitrogens with two attached hydrogens (primary N) is 1. The fourth-order valence-electron chi connectivity index (χ4n) is 1.74. The summed E-state index contributed by atoms with van der Waals surface area (Å²) in [6.45, 7) is 3.30. The molecule has 0 aromatic heterocycles. The van der Waals surface area contributed by atoms with Gasteiger partial charge in [-0.1, -0.05) is 37.6 Å². The molecule has 0 bridgehead atoms. The lowest BCUT2D eigenvalue weighted by molar-refractivity contribution is -0.130. The van der Waals surface area contributed by atoms with Gasteiger partial charge in [-0.25, -0.2) is 0 Å². The number of benzene rings is 1. The van der Waals surface area contributed by atoms with Crippen LogP contribution in [0.4, 0.5) is 0 Å². The first-order valence-electron chi connectivity index (χ1n) is 6.19. The van der Waals surface area contributed by atoms with Crippen molar-refractivity contribution in [1.82, 2.24) is 4.90 Å². The highest BCUT2D eigenvalue weighted by Crippen LogP contribution is 2.08. The van der Waals surface area contributed by atoms with E-state index in [4.69, 9.17) is 5.73 Å². The molecule has 0 aliphatic rings. The molecule has 1 aromatic carbocycles. The van der Waals surface area contributed by atoms with E-state index in [9.17, 15) is 4.79 Å². The third kappa shape index (κ3) is 4.57. The molecule has 3 nitrogen and oxygen atoms in total. The highest BCUT2D eigenvalue weighted by Gasteiger charge is 2.08. The quantitative estimate of drug-likeness (QED) is 0.821. The van der Waals surface area contributed by atoms with Gasteiger partial charge in [0.25, 0.3) is 0 Å². The number of amides is 1. The van der Waals surface area contributed by atoms with E-state index >= 15 is 0 Å². The molecule has 2 N–H and O–H groups in total. The lowest BCUT2D eigenvalue weighted by Gasteiger charge is -2.17. The van der Waals surface area contributed by atoms with Crippen LogP contribution in [-0.4, -0.2) is 17.9 Å². The van der Waals surface area contributed by atoms with Crippen molar-refractivity contribution in [3.05, 3.63) is 35.4 Å². The predicted octanol–water partition coefficient (Wildman–Crippen LogP) is 2.29. The molecule has 94 valence electrons. The Morgan fingerprint density at radius 3 is 2.71 bits per heavy atom. The summed E-state index contributed by atoms with van der Waals surface area (Å²) in [5.41, 5.74) is 7.84. The molecule has 17 heavy (non-hydrogen) atoms. The summed E-state index contributed by atoms with van der Waals surface area (Å²) in [4.78, 5) is 13.5. The first kappa shape index (κ1) is 13.7. The van der Waals surface area contributed by atoms with E-state index in [1.54, 1.807) is 4.90 Å². The third-order valence-corrected chi connectivity index (χ3v) is 2.82. The summed E-state index contributed by atoms with van der Waals surface area (Å²) in [5.74, 6) is 0.213. The average Bonchev–Trinajstić information content (AvgIpc) is 2.36. The number of nitrogens with zero attached hydrogens (tertiary/aromatic N) is 1. The van der Waals surface area contributed by atoms with Crippen molar-refractivity contribution >= 4 is 5.91 Å². The second kappa shape index (κ2) is 7.07. The molecule has 0 unspecified atom stereocenters. The predicted molar refractivity (Wildman–Crippen MR) is 70.3 cm³/mol. The second-order valence-electron chi connectivity index (χ2n) is 4.38. The van der Waals surface area contributed by atoms with Crippen molar-refractivity contribution in [2.24, 2.45) is 5.73 Å². The van der Waals surface area contributed by atoms with Crippen molar-refractivity contribution in [2.75, 3.05) is 7.05 Å². The molecule has 1 aromatic rings. The van der Waals surface area contributed by atoms with Crippen LogP contribution in [0.2, 0.25) is 0 Å². The standard InChI is InChI=1S/C14H22N2O/c1-3-4-8-14(17)16(2)11-13-7-5-6-12(9-13)10-15/h5-7,9H,3-4,8,10-11,15H2,1-2H3. The minimum absolute atomic E-state index is 0.213. The van der Waals surface area contributed by atoms with E-state index < -0.39 is 0 Å². The van der Waals surface area contributed by atoms with Gasteiger partial charge in [-0.15, -0.1) is 0 Å². The van der Waals surface area contributed by atoms with Gasteiger partial charge in [-0.2, -0.15) is 0 Å². The van der Waals surface area contributed by atoms with Crippen LogP contribution in [0, 0.1) is 0 Å². The monoisotopic (exact) mass is 234 g/mol. The Bertz CT molecular complexity index is 363. The minimum atomic E-state index is 0.213. The van der Waals surface area contributed by atoms with Gasteiger partial charge in [-0.3, -0.25) is 4.79 Å². The molecule has 1 amide bonds. The second-order valence-corrected chi connectivity index (χ2v) is 4.38. The Morgan fingerprint density at radius 1 is 1.35 bits per heavy atom. The van der Waals surface area contributed by atoms with Gasteiger partial charge in [0.1, 0.15) is 0 Å². The fraction of sp³-hybridized carbons (Fsp3) is 0.500. The smallest absolute Gasteiger partial charge is 0.222 e. The number of carbonyl (C=O) groups is 1. The van der Waals surface area contributed by atoms with Gasteiger partial charge in [-0.05, 0) is 17.5 Å². The SMILES string of the molecule is CCCCC(=O)N(C)Cc1cccc(CN)c1. The van der Waals surface area contributed by atoms with Crippen LogP contribution in [0.3, 0.4) is 0 Å². The van der Waals surface area contributed by atoms with E-state index in [0.29, 0.717) is 19.5 Å². The fourth-order valence-corrected chi connectivity index (χ4v) is 1.74. The summed E-state index contributed by atoms with van der Waals surface area (Å²) in [7, 11) is 1.85. The van der Waals surface area contributed by atoms with Crippen molar-refractivity contribution in [1.29, 1.82) is 0 Å². The largest absolute Gasteiger partial charge is 0.341 e. The summed E-state index contributed by atoms with van der Waals surface area (Å²) in [5, 5.41) is 0. The van der Waals surface area contributed by atoms with Crippen LogP contribution in [0.1, 0.15) is 37.3 Å². The van der Waals surface area contributed by atoms with E-state index in [0.717, 1.165) is 24.0 Å².